The van der Waals surface area contributed by atoms with Crippen molar-refractivity contribution < 1.29 is 9.59 Å². The molecule has 0 aliphatic carbocycles. The van der Waals surface area contributed by atoms with E-state index in [4.69, 9.17) is 17.3 Å². The highest BCUT2D eigenvalue weighted by atomic mass is 35.5. The van der Waals surface area contributed by atoms with Crippen LogP contribution in [0.3, 0.4) is 0 Å². The molecule has 3 N–H and O–H groups in total. The van der Waals surface area contributed by atoms with E-state index >= 15 is 0 Å². The highest BCUT2D eigenvalue weighted by molar-refractivity contribution is 7.07. The molecule has 0 saturated heterocycles. The van der Waals surface area contributed by atoms with E-state index in [-0.39, 0.29) is 5.91 Å². The van der Waals surface area contributed by atoms with Gasteiger partial charge in [-0.2, -0.15) is 11.3 Å². The quantitative estimate of drug-likeness (QED) is 0.851. The Labute approximate surface area is 138 Å². The predicted molar refractivity (Wildman–Crippen MR) is 88.8 cm³/mol. The van der Waals surface area contributed by atoms with E-state index in [0.29, 0.717) is 23.4 Å². The maximum absolute atomic E-state index is 12.2. The molecule has 4 nitrogen and oxygen atoms in total. The molecule has 0 radical (unpaired) electrons. The molecular weight excluding hydrogens is 320 g/mol. The Hall–Kier alpha value is -1.85. The summed E-state index contributed by atoms with van der Waals surface area (Å²) in [5, 5.41) is 7.18. The minimum atomic E-state index is -1.28. The summed E-state index contributed by atoms with van der Waals surface area (Å²) in [5.74, 6) is -0.855. The van der Waals surface area contributed by atoms with Gasteiger partial charge in [0.05, 0.1) is 0 Å². The van der Waals surface area contributed by atoms with Crippen LogP contribution < -0.4 is 11.1 Å². The second kappa shape index (κ2) is 6.94. The minimum Gasteiger partial charge on any atom is -0.367 e. The third-order valence-corrected chi connectivity index (χ3v) is 4.47. The summed E-state index contributed by atoms with van der Waals surface area (Å²) in [5.41, 5.74) is 5.88. The van der Waals surface area contributed by atoms with Crippen LogP contribution in [0, 0.1) is 0 Å². The lowest BCUT2D eigenvalue weighted by atomic mass is 9.91. The lowest BCUT2D eigenvalue weighted by molar-refractivity contribution is -0.131. The molecule has 1 heterocycles. The molecule has 0 saturated carbocycles. The van der Waals surface area contributed by atoms with Gasteiger partial charge >= 0.3 is 0 Å². The van der Waals surface area contributed by atoms with Gasteiger partial charge < -0.3 is 11.1 Å². The molecule has 22 heavy (non-hydrogen) atoms. The molecule has 0 spiro atoms. The summed E-state index contributed by atoms with van der Waals surface area (Å²) in [6, 6.07) is 8.74. The maximum atomic E-state index is 12.2. The number of nitrogens with one attached hydrogen (secondary N) is 1. The van der Waals surface area contributed by atoms with Gasteiger partial charge in [-0.3, -0.25) is 9.59 Å². The van der Waals surface area contributed by atoms with E-state index < -0.39 is 11.4 Å². The molecule has 1 atom stereocenters. The average Bonchev–Trinajstić information content (AvgIpc) is 2.98. The second-order valence-corrected chi connectivity index (χ2v) is 6.40. The van der Waals surface area contributed by atoms with Crippen molar-refractivity contribution in [3.05, 3.63) is 57.2 Å². The fourth-order valence-corrected chi connectivity index (χ4v) is 3.00. The Morgan fingerprint density at radius 3 is 2.73 bits per heavy atom. The zero-order valence-electron chi connectivity index (χ0n) is 12.1. The van der Waals surface area contributed by atoms with Crippen molar-refractivity contribution >= 4 is 34.8 Å². The number of carbonyl (C=O) groups excluding carboxylic acids is 2. The zero-order chi connectivity index (χ0) is 16.2. The van der Waals surface area contributed by atoms with Crippen molar-refractivity contribution in [2.75, 3.05) is 0 Å². The Morgan fingerprint density at radius 1 is 1.36 bits per heavy atom. The largest absolute Gasteiger partial charge is 0.367 e. The number of hydrogen-bond acceptors (Lipinski definition) is 3. The van der Waals surface area contributed by atoms with Crippen molar-refractivity contribution in [1.82, 2.24) is 5.32 Å². The van der Waals surface area contributed by atoms with Crippen molar-refractivity contribution in [2.45, 2.75) is 25.3 Å². The first-order chi connectivity index (χ1) is 10.4. The number of thiophene rings is 1. The first-order valence-electron chi connectivity index (χ1n) is 6.80. The number of amides is 2. The topological polar surface area (TPSA) is 72.2 Å². The number of benzene rings is 1. The van der Waals surface area contributed by atoms with E-state index in [1.54, 1.807) is 42.5 Å². The molecule has 0 aliphatic heterocycles. The minimum absolute atomic E-state index is 0.229. The van der Waals surface area contributed by atoms with E-state index in [9.17, 15) is 9.59 Å². The zero-order valence-corrected chi connectivity index (χ0v) is 13.7. The second-order valence-electron chi connectivity index (χ2n) is 5.18. The van der Waals surface area contributed by atoms with E-state index in [1.807, 2.05) is 16.8 Å². The third kappa shape index (κ3) is 3.87. The Kier molecular flexibility index (Phi) is 5.21. The number of hydrogen-bond donors (Lipinski definition) is 2. The number of nitrogens with two attached hydrogens (primary N) is 1. The van der Waals surface area contributed by atoms with Crippen LogP contribution in [-0.4, -0.2) is 11.8 Å². The lowest BCUT2D eigenvalue weighted by Crippen LogP contribution is -2.52. The monoisotopic (exact) mass is 336 g/mol. The van der Waals surface area contributed by atoms with Gasteiger partial charge in [-0.25, -0.2) is 0 Å². The normalized spacial score (nSPS) is 13.4. The van der Waals surface area contributed by atoms with Crippen molar-refractivity contribution in [3.63, 3.8) is 0 Å². The predicted octanol–water partition coefficient (Wildman–Crippen LogP) is 2.85. The van der Waals surface area contributed by atoms with E-state index in [2.05, 4.69) is 5.32 Å². The highest BCUT2D eigenvalue weighted by Gasteiger charge is 2.34. The molecule has 2 aromatic rings. The van der Waals surface area contributed by atoms with E-state index in [1.165, 1.54) is 0 Å². The number of halogens is 1. The van der Waals surface area contributed by atoms with Crippen LogP contribution in [-0.2, 0) is 21.5 Å². The van der Waals surface area contributed by atoms with Crippen LogP contribution in [0.4, 0.5) is 0 Å². The molecule has 0 bridgehead atoms. The molecule has 1 aromatic carbocycles. The van der Waals surface area contributed by atoms with Crippen molar-refractivity contribution in [2.24, 2.45) is 5.73 Å². The van der Waals surface area contributed by atoms with Crippen LogP contribution in [0.1, 0.15) is 24.5 Å². The first-order valence-corrected chi connectivity index (χ1v) is 8.12. The molecule has 0 aliphatic rings. The van der Waals surface area contributed by atoms with Gasteiger partial charge in [0.15, 0.2) is 0 Å². The van der Waals surface area contributed by atoms with Gasteiger partial charge in [0.2, 0.25) is 11.8 Å². The number of aryl methyl sites for hydroxylation is 1. The highest BCUT2D eigenvalue weighted by Crippen LogP contribution is 2.24. The number of rotatable bonds is 6. The van der Waals surface area contributed by atoms with E-state index in [0.717, 1.165) is 5.56 Å². The fourth-order valence-electron chi connectivity index (χ4n) is 2.11. The van der Waals surface area contributed by atoms with Gasteiger partial charge in [0, 0.05) is 11.4 Å². The van der Waals surface area contributed by atoms with Crippen LogP contribution in [0.25, 0.3) is 0 Å². The summed E-state index contributed by atoms with van der Waals surface area (Å²) in [7, 11) is 0. The van der Waals surface area contributed by atoms with Gasteiger partial charge in [0.1, 0.15) is 5.54 Å². The average molecular weight is 337 g/mol. The Morgan fingerprint density at radius 2 is 2.14 bits per heavy atom. The van der Waals surface area contributed by atoms with Gasteiger partial charge in [-0.1, -0.05) is 23.7 Å². The molecule has 6 heteroatoms. The summed E-state index contributed by atoms with van der Waals surface area (Å²) < 4.78 is 0. The molecule has 0 fully saturated rings. The molecule has 116 valence electrons. The SMILES string of the molecule is C[C@](NC(=O)CCc1ccsc1)(C(N)=O)c1cccc(Cl)c1. The molecule has 0 unspecified atom stereocenters. The first kappa shape index (κ1) is 16.5. The van der Waals surface area contributed by atoms with Crippen molar-refractivity contribution in [1.29, 1.82) is 0 Å². The molecule has 2 amide bonds. The van der Waals surface area contributed by atoms with Gasteiger partial charge in [0.25, 0.3) is 0 Å². The summed E-state index contributed by atoms with van der Waals surface area (Å²) in [6.45, 7) is 1.59. The fraction of sp³-hybridized carbons (Fsp3) is 0.250. The van der Waals surface area contributed by atoms with Crippen LogP contribution in [0.5, 0.6) is 0 Å². The van der Waals surface area contributed by atoms with Crippen LogP contribution in [0.15, 0.2) is 41.1 Å². The van der Waals surface area contributed by atoms with Gasteiger partial charge in [-0.05, 0) is 53.4 Å². The van der Waals surface area contributed by atoms with Crippen molar-refractivity contribution in [3.8, 4) is 0 Å². The summed E-state index contributed by atoms with van der Waals surface area (Å²) in [4.78, 5) is 24.0. The number of primary amides is 1. The molecule has 1 aromatic heterocycles. The van der Waals surface area contributed by atoms with Crippen LogP contribution in [0.2, 0.25) is 5.02 Å². The maximum Gasteiger partial charge on any atom is 0.247 e. The van der Waals surface area contributed by atoms with Crippen LogP contribution >= 0.6 is 22.9 Å². The lowest BCUT2D eigenvalue weighted by Gasteiger charge is -2.28. The Bertz CT molecular complexity index is 673. The Balaban J connectivity index is 2.11. The summed E-state index contributed by atoms with van der Waals surface area (Å²) in [6.07, 6.45) is 0.917. The molecule has 2 rings (SSSR count). The summed E-state index contributed by atoms with van der Waals surface area (Å²) >= 11 is 7.54. The smallest absolute Gasteiger partial charge is 0.247 e. The van der Waals surface area contributed by atoms with Gasteiger partial charge in [-0.15, -0.1) is 0 Å². The number of carbonyl (C=O) groups is 2. The molecular formula is C16H17ClN2O2S. The standard InChI is InChI=1S/C16H17ClN2O2S/c1-16(15(18)21,12-3-2-4-13(17)9-12)19-14(20)6-5-11-7-8-22-10-11/h2-4,7-10H,5-6H2,1H3,(H2,18,21)(H,19,20)/t16-/m1/s1. The third-order valence-electron chi connectivity index (χ3n) is 3.51.